The molecule has 34 heavy (non-hydrogen) atoms. The molecule has 0 fully saturated rings. The topological polar surface area (TPSA) is 90.3 Å². The van der Waals surface area contributed by atoms with Crippen molar-refractivity contribution in [3.8, 4) is 5.75 Å². The smallest absolute Gasteiger partial charge is 0.240 e. The van der Waals surface area contributed by atoms with Crippen LogP contribution in [0.15, 0.2) is 71.7 Å². The molecule has 4 rings (SSSR count). The number of hydrogen-bond acceptors (Lipinski definition) is 5. The number of nitrogens with one attached hydrogen (secondary N) is 1. The van der Waals surface area contributed by atoms with Crippen LogP contribution >= 0.6 is 11.6 Å². The van der Waals surface area contributed by atoms with Gasteiger partial charge in [-0.2, -0.15) is 0 Å². The summed E-state index contributed by atoms with van der Waals surface area (Å²) in [6.07, 6.45) is 1.40. The molecule has 172 valence electrons. The summed E-state index contributed by atoms with van der Waals surface area (Å²) >= 11 is 6.17. The minimum Gasteiger partial charge on any atom is -0.497 e. The predicted octanol–water partition coefficient (Wildman–Crippen LogP) is 3.91. The van der Waals surface area contributed by atoms with Crippen LogP contribution < -0.4 is 15.5 Å². The van der Waals surface area contributed by atoms with E-state index in [1.54, 1.807) is 49.4 Å². The summed E-state index contributed by atoms with van der Waals surface area (Å²) in [6.45, 7) is 1.92. The first-order valence-electron chi connectivity index (χ1n) is 10.6. The van der Waals surface area contributed by atoms with Crippen LogP contribution in [0.4, 0.5) is 0 Å². The lowest BCUT2D eigenvalue weighted by atomic mass is 10.0. The van der Waals surface area contributed by atoms with Crippen molar-refractivity contribution in [3.63, 3.8) is 0 Å². The number of ether oxygens (including phenoxy) is 1. The third-order valence-electron chi connectivity index (χ3n) is 5.41. The van der Waals surface area contributed by atoms with Gasteiger partial charge in [-0.05, 0) is 55.0 Å². The minimum atomic E-state index is -0.444. The maximum Gasteiger partial charge on any atom is 0.240 e. The van der Waals surface area contributed by atoms with Gasteiger partial charge in [0.2, 0.25) is 11.3 Å². The van der Waals surface area contributed by atoms with Crippen molar-refractivity contribution in [3.05, 3.63) is 104 Å². The number of aryl methyl sites for hydroxylation is 1. The van der Waals surface area contributed by atoms with Crippen LogP contribution in [0.5, 0.6) is 5.75 Å². The molecule has 0 unspecified atom stereocenters. The van der Waals surface area contributed by atoms with Crippen LogP contribution in [-0.2, 0) is 17.9 Å². The third kappa shape index (κ3) is 4.84. The molecule has 0 saturated heterocycles. The molecule has 0 saturated carbocycles. The molecule has 1 amide bonds. The Morgan fingerprint density at radius 1 is 1.06 bits per heavy atom. The Labute approximate surface area is 201 Å². The summed E-state index contributed by atoms with van der Waals surface area (Å²) < 4.78 is 6.66. The fraction of sp³-hybridized carbons (Fsp3) is 0.154. The van der Waals surface area contributed by atoms with Gasteiger partial charge in [0.25, 0.3) is 0 Å². The number of carbonyl (C=O) groups excluding carboxylic acids is 2. The van der Waals surface area contributed by atoms with E-state index in [2.05, 4.69) is 10.3 Å². The molecule has 7 nitrogen and oxygen atoms in total. The molecular weight excluding hydrogens is 454 g/mol. The van der Waals surface area contributed by atoms with E-state index in [4.69, 9.17) is 16.3 Å². The van der Waals surface area contributed by atoms with Gasteiger partial charge in [-0.25, -0.2) is 4.98 Å². The Bertz CT molecular complexity index is 1450. The van der Waals surface area contributed by atoms with Gasteiger partial charge >= 0.3 is 0 Å². The van der Waals surface area contributed by atoms with Gasteiger partial charge in [-0.3, -0.25) is 14.4 Å². The van der Waals surface area contributed by atoms with Crippen LogP contribution in [0.2, 0.25) is 5.02 Å². The lowest BCUT2D eigenvalue weighted by molar-refractivity contribution is -0.121. The normalized spacial score (nSPS) is 10.8. The number of halogens is 1. The molecule has 0 spiro atoms. The molecule has 0 bridgehead atoms. The highest BCUT2D eigenvalue weighted by Gasteiger charge is 2.19. The molecule has 1 N–H and O–H groups in total. The van der Waals surface area contributed by atoms with Crippen molar-refractivity contribution in [2.45, 2.75) is 20.0 Å². The molecule has 8 heteroatoms. The molecule has 0 aliphatic rings. The maximum absolute atomic E-state index is 13.2. The lowest BCUT2D eigenvalue weighted by Gasteiger charge is -2.14. The Balaban J connectivity index is 1.68. The number of carbonyl (C=O) groups is 2. The second-order valence-corrected chi connectivity index (χ2v) is 8.16. The molecule has 0 aliphatic heterocycles. The van der Waals surface area contributed by atoms with E-state index in [-0.39, 0.29) is 29.9 Å². The number of benzene rings is 2. The standard InChI is InChI=1S/C26H22ClN3O4/c1-16-7-12-20-25(33)21(24(32)17-8-10-19(34-2)11-9-17)14-30(26(20)29-16)15-23(31)28-13-18-5-3-4-6-22(18)27/h3-12,14H,13,15H2,1-2H3,(H,28,31). The number of rotatable bonds is 7. The number of ketones is 1. The molecular formula is C26H22ClN3O4. The first-order chi connectivity index (χ1) is 16.4. The summed E-state index contributed by atoms with van der Waals surface area (Å²) in [6, 6.07) is 17.1. The zero-order valence-corrected chi connectivity index (χ0v) is 19.4. The minimum absolute atomic E-state index is 0.0396. The van der Waals surface area contributed by atoms with E-state index in [9.17, 15) is 14.4 Å². The highest BCUT2D eigenvalue weighted by molar-refractivity contribution is 6.31. The predicted molar refractivity (Wildman–Crippen MR) is 130 cm³/mol. The third-order valence-corrected chi connectivity index (χ3v) is 5.77. The number of hydrogen-bond donors (Lipinski definition) is 1. The summed E-state index contributed by atoms with van der Waals surface area (Å²) in [4.78, 5) is 43.5. The Hall–Kier alpha value is -3.97. The number of amides is 1. The molecule has 4 aromatic rings. The van der Waals surface area contributed by atoms with E-state index in [1.807, 2.05) is 18.2 Å². The van der Waals surface area contributed by atoms with Gasteiger partial charge in [0, 0.05) is 29.0 Å². The quantitative estimate of drug-likeness (QED) is 0.409. The highest BCUT2D eigenvalue weighted by atomic mass is 35.5. The van der Waals surface area contributed by atoms with Crippen molar-refractivity contribution in [2.24, 2.45) is 0 Å². The van der Waals surface area contributed by atoms with Crippen molar-refractivity contribution >= 4 is 34.3 Å². The number of aromatic nitrogens is 2. The van der Waals surface area contributed by atoms with Gasteiger partial charge in [-0.15, -0.1) is 0 Å². The largest absolute Gasteiger partial charge is 0.497 e. The van der Waals surface area contributed by atoms with Gasteiger partial charge in [0.05, 0.1) is 18.1 Å². The van der Waals surface area contributed by atoms with Crippen molar-refractivity contribution in [1.82, 2.24) is 14.9 Å². The Morgan fingerprint density at radius 2 is 1.79 bits per heavy atom. The Morgan fingerprint density at radius 3 is 2.50 bits per heavy atom. The highest BCUT2D eigenvalue weighted by Crippen LogP contribution is 2.17. The van der Waals surface area contributed by atoms with Crippen LogP contribution in [-0.4, -0.2) is 28.4 Å². The fourth-order valence-electron chi connectivity index (χ4n) is 3.59. The average molecular weight is 476 g/mol. The van der Waals surface area contributed by atoms with Crippen LogP contribution in [0.3, 0.4) is 0 Å². The number of methoxy groups -OCH3 is 1. The Kier molecular flexibility index (Phi) is 6.75. The van der Waals surface area contributed by atoms with Gasteiger partial charge < -0.3 is 14.6 Å². The monoisotopic (exact) mass is 475 g/mol. The van der Waals surface area contributed by atoms with E-state index in [0.29, 0.717) is 27.7 Å². The zero-order valence-electron chi connectivity index (χ0n) is 18.7. The number of nitrogens with zero attached hydrogens (tertiary/aromatic N) is 2. The SMILES string of the molecule is COc1ccc(C(=O)c2cn(CC(=O)NCc3ccccc3Cl)c3nc(C)ccc3c2=O)cc1. The van der Waals surface area contributed by atoms with Gasteiger partial charge in [0.15, 0.2) is 5.78 Å². The van der Waals surface area contributed by atoms with E-state index >= 15 is 0 Å². The lowest BCUT2D eigenvalue weighted by Crippen LogP contribution is -2.29. The molecule has 0 radical (unpaired) electrons. The first-order valence-corrected chi connectivity index (χ1v) is 10.9. The van der Waals surface area contributed by atoms with Gasteiger partial charge in [-0.1, -0.05) is 29.8 Å². The fourth-order valence-corrected chi connectivity index (χ4v) is 3.79. The van der Waals surface area contributed by atoms with Crippen LogP contribution in [0.1, 0.15) is 27.2 Å². The van der Waals surface area contributed by atoms with Crippen LogP contribution in [0, 0.1) is 6.92 Å². The summed E-state index contributed by atoms with van der Waals surface area (Å²) in [7, 11) is 1.53. The second-order valence-electron chi connectivity index (χ2n) is 7.75. The summed E-state index contributed by atoms with van der Waals surface area (Å²) in [5, 5.41) is 3.65. The van der Waals surface area contributed by atoms with Gasteiger partial charge in [0.1, 0.15) is 17.9 Å². The second kappa shape index (κ2) is 9.89. The molecule has 2 aromatic carbocycles. The molecule has 0 atom stereocenters. The first kappa shape index (κ1) is 23.2. The van der Waals surface area contributed by atoms with E-state index in [0.717, 1.165) is 5.56 Å². The summed E-state index contributed by atoms with van der Waals surface area (Å²) in [5.74, 6) is -0.154. The summed E-state index contributed by atoms with van der Waals surface area (Å²) in [5.41, 5.74) is 1.67. The number of fused-ring (bicyclic) bond motifs is 1. The van der Waals surface area contributed by atoms with E-state index in [1.165, 1.54) is 17.9 Å². The van der Waals surface area contributed by atoms with Crippen molar-refractivity contribution in [1.29, 1.82) is 0 Å². The maximum atomic E-state index is 13.2. The zero-order chi connectivity index (χ0) is 24.2. The molecule has 2 heterocycles. The van der Waals surface area contributed by atoms with Crippen LogP contribution in [0.25, 0.3) is 11.0 Å². The average Bonchev–Trinajstić information content (AvgIpc) is 2.85. The molecule has 0 aliphatic carbocycles. The van der Waals surface area contributed by atoms with Crippen molar-refractivity contribution in [2.75, 3.05) is 7.11 Å². The van der Waals surface area contributed by atoms with Crippen molar-refractivity contribution < 1.29 is 14.3 Å². The van der Waals surface area contributed by atoms with E-state index < -0.39 is 11.2 Å². The number of pyridine rings is 2. The molecule has 2 aromatic heterocycles.